The number of nitrogens with zero attached hydrogens (tertiary/aromatic N) is 1. The van der Waals surface area contributed by atoms with Gasteiger partial charge in [-0.2, -0.15) is 0 Å². The zero-order valence-electron chi connectivity index (χ0n) is 19.3. The SMILES string of the molecule is COC(=O)[C@H](COC[C@H]1CCCCN1C(=O)OC(C)(C)C)NC(=O)OCc1ccccc1. The number of benzene rings is 1. The van der Waals surface area contributed by atoms with Gasteiger partial charge in [0.1, 0.15) is 12.2 Å². The average molecular weight is 451 g/mol. The molecule has 0 aliphatic carbocycles. The van der Waals surface area contributed by atoms with Crippen molar-refractivity contribution in [2.24, 2.45) is 0 Å². The number of hydrogen-bond acceptors (Lipinski definition) is 7. The van der Waals surface area contributed by atoms with Crippen molar-refractivity contribution < 1.29 is 33.3 Å². The van der Waals surface area contributed by atoms with Crippen molar-refractivity contribution in [1.82, 2.24) is 10.2 Å². The summed E-state index contributed by atoms with van der Waals surface area (Å²) in [5, 5.41) is 2.47. The van der Waals surface area contributed by atoms with Crippen LogP contribution in [0.25, 0.3) is 0 Å². The van der Waals surface area contributed by atoms with Gasteiger partial charge in [0, 0.05) is 6.54 Å². The molecule has 0 unspecified atom stereocenters. The fraction of sp³-hybridized carbons (Fsp3) is 0.609. The summed E-state index contributed by atoms with van der Waals surface area (Å²) < 4.78 is 21.1. The average Bonchev–Trinajstić information content (AvgIpc) is 2.76. The zero-order valence-corrected chi connectivity index (χ0v) is 19.3. The number of amides is 2. The monoisotopic (exact) mass is 450 g/mol. The highest BCUT2D eigenvalue weighted by Crippen LogP contribution is 2.20. The van der Waals surface area contributed by atoms with Crippen LogP contribution in [-0.2, 0) is 30.3 Å². The van der Waals surface area contributed by atoms with Crippen LogP contribution in [0.15, 0.2) is 30.3 Å². The Morgan fingerprint density at radius 3 is 2.53 bits per heavy atom. The van der Waals surface area contributed by atoms with Gasteiger partial charge in [0.2, 0.25) is 0 Å². The van der Waals surface area contributed by atoms with Crippen LogP contribution < -0.4 is 5.32 Å². The molecule has 9 heteroatoms. The number of hydrogen-bond donors (Lipinski definition) is 1. The van der Waals surface area contributed by atoms with Gasteiger partial charge in [-0.05, 0) is 45.6 Å². The second kappa shape index (κ2) is 12.3. The van der Waals surface area contributed by atoms with E-state index in [0.29, 0.717) is 6.54 Å². The van der Waals surface area contributed by atoms with Crippen LogP contribution >= 0.6 is 0 Å². The number of methoxy groups -OCH3 is 1. The van der Waals surface area contributed by atoms with E-state index in [1.54, 1.807) is 4.90 Å². The summed E-state index contributed by atoms with van der Waals surface area (Å²) in [6.45, 7) is 6.25. The van der Waals surface area contributed by atoms with Crippen LogP contribution in [0, 0.1) is 0 Å². The van der Waals surface area contributed by atoms with Crippen molar-refractivity contribution >= 4 is 18.2 Å². The molecule has 1 saturated heterocycles. The quantitative estimate of drug-likeness (QED) is 0.479. The molecule has 2 amide bonds. The highest BCUT2D eigenvalue weighted by atomic mass is 16.6. The predicted octanol–water partition coefficient (Wildman–Crippen LogP) is 3.26. The van der Waals surface area contributed by atoms with E-state index in [4.69, 9.17) is 18.9 Å². The highest BCUT2D eigenvalue weighted by molar-refractivity contribution is 5.81. The van der Waals surface area contributed by atoms with E-state index in [9.17, 15) is 14.4 Å². The Hall–Kier alpha value is -2.81. The molecule has 0 saturated carbocycles. The first-order valence-corrected chi connectivity index (χ1v) is 10.8. The molecule has 1 aliphatic rings. The van der Waals surface area contributed by atoms with Crippen molar-refractivity contribution in [2.45, 2.75) is 64.3 Å². The van der Waals surface area contributed by atoms with Crippen molar-refractivity contribution in [3.8, 4) is 0 Å². The normalized spacial score (nSPS) is 17.2. The van der Waals surface area contributed by atoms with E-state index in [-0.39, 0.29) is 32.0 Å². The van der Waals surface area contributed by atoms with E-state index in [0.717, 1.165) is 24.8 Å². The molecule has 1 heterocycles. The smallest absolute Gasteiger partial charge is 0.410 e. The van der Waals surface area contributed by atoms with E-state index < -0.39 is 23.7 Å². The van der Waals surface area contributed by atoms with Gasteiger partial charge in [-0.25, -0.2) is 14.4 Å². The number of likely N-dealkylation sites (tertiary alicyclic amines) is 1. The highest BCUT2D eigenvalue weighted by Gasteiger charge is 2.31. The Bertz CT molecular complexity index is 748. The number of piperidine rings is 1. The molecule has 0 bridgehead atoms. The Morgan fingerprint density at radius 1 is 1.16 bits per heavy atom. The Kier molecular flexibility index (Phi) is 9.77. The molecule has 1 aromatic rings. The maximum absolute atomic E-state index is 12.5. The first kappa shape index (κ1) is 25.5. The van der Waals surface area contributed by atoms with E-state index in [1.807, 2.05) is 51.1 Å². The lowest BCUT2D eigenvalue weighted by atomic mass is 10.0. The number of esters is 1. The van der Waals surface area contributed by atoms with Crippen LogP contribution in [0.1, 0.15) is 45.6 Å². The summed E-state index contributed by atoms with van der Waals surface area (Å²) in [6.07, 6.45) is 1.51. The molecule has 32 heavy (non-hydrogen) atoms. The second-order valence-corrected chi connectivity index (χ2v) is 8.64. The van der Waals surface area contributed by atoms with Gasteiger partial charge in [0.25, 0.3) is 0 Å². The van der Waals surface area contributed by atoms with Crippen molar-refractivity contribution in [3.63, 3.8) is 0 Å². The van der Waals surface area contributed by atoms with Crippen molar-refractivity contribution in [1.29, 1.82) is 0 Å². The molecule has 2 rings (SSSR count). The molecule has 0 radical (unpaired) electrons. The molecule has 0 aromatic heterocycles. The number of nitrogens with one attached hydrogen (secondary N) is 1. The third kappa shape index (κ3) is 8.74. The van der Waals surface area contributed by atoms with Crippen LogP contribution in [0.2, 0.25) is 0 Å². The Balaban J connectivity index is 1.85. The summed E-state index contributed by atoms with van der Waals surface area (Å²) in [5.41, 5.74) is 0.244. The maximum Gasteiger partial charge on any atom is 0.410 e. The maximum atomic E-state index is 12.5. The van der Waals surface area contributed by atoms with Gasteiger partial charge in [0.15, 0.2) is 6.04 Å². The lowest BCUT2D eigenvalue weighted by Gasteiger charge is -2.36. The fourth-order valence-corrected chi connectivity index (χ4v) is 3.27. The summed E-state index contributed by atoms with van der Waals surface area (Å²) in [6, 6.07) is 8.01. The Morgan fingerprint density at radius 2 is 1.88 bits per heavy atom. The topological polar surface area (TPSA) is 103 Å². The second-order valence-electron chi connectivity index (χ2n) is 8.64. The van der Waals surface area contributed by atoms with E-state index >= 15 is 0 Å². The third-order valence-corrected chi connectivity index (χ3v) is 4.84. The van der Waals surface area contributed by atoms with Gasteiger partial charge < -0.3 is 29.2 Å². The molecular formula is C23H34N2O7. The molecular weight excluding hydrogens is 416 g/mol. The lowest BCUT2D eigenvalue weighted by Crippen LogP contribution is -2.49. The fourth-order valence-electron chi connectivity index (χ4n) is 3.27. The summed E-state index contributed by atoms with van der Waals surface area (Å²) in [7, 11) is 1.23. The van der Waals surface area contributed by atoms with Crippen molar-refractivity contribution in [2.75, 3.05) is 26.9 Å². The van der Waals surface area contributed by atoms with Gasteiger partial charge in [-0.15, -0.1) is 0 Å². The first-order chi connectivity index (χ1) is 15.2. The van der Waals surface area contributed by atoms with Gasteiger partial charge >= 0.3 is 18.2 Å². The number of ether oxygens (including phenoxy) is 4. The molecule has 0 spiro atoms. The lowest BCUT2D eigenvalue weighted by molar-refractivity contribution is -0.145. The van der Waals surface area contributed by atoms with Gasteiger partial charge in [-0.3, -0.25) is 0 Å². The minimum atomic E-state index is -1.03. The van der Waals surface area contributed by atoms with Crippen molar-refractivity contribution in [3.05, 3.63) is 35.9 Å². The molecule has 2 atom stereocenters. The third-order valence-electron chi connectivity index (χ3n) is 4.84. The van der Waals surface area contributed by atoms with E-state index in [1.165, 1.54) is 7.11 Å². The summed E-state index contributed by atoms with van der Waals surface area (Å²) in [4.78, 5) is 38.4. The molecule has 1 aromatic carbocycles. The summed E-state index contributed by atoms with van der Waals surface area (Å²) in [5.74, 6) is -0.644. The first-order valence-electron chi connectivity index (χ1n) is 10.8. The largest absolute Gasteiger partial charge is 0.467 e. The molecule has 178 valence electrons. The van der Waals surface area contributed by atoms with Gasteiger partial charge in [-0.1, -0.05) is 30.3 Å². The Labute approximate surface area is 189 Å². The molecule has 1 aliphatic heterocycles. The van der Waals surface area contributed by atoms with Crippen LogP contribution in [0.3, 0.4) is 0 Å². The molecule has 1 fully saturated rings. The van der Waals surface area contributed by atoms with E-state index in [2.05, 4.69) is 5.32 Å². The number of carbonyl (C=O) groups is 3. The van der Waals surface area contributed by atoms with Crippen LogP contribution in [-0.4, -0.2) is 67.6 Å². The minimum Gasteiger partial charge on any atom is -0.467 e. The minimum absolute atomic E-state index is 0.0777. The molecule has 9 nitrogen and oxygen atoms in total. The van der Waals surface area contributed by atoms with Gasteiger partial charge in [0.05, 0.1) is 26.4 Å². The summed E-state index contributed by atoms with van der Waals surface area (Å²) >= 11 is 0. The predicted molar refractivity (Wildman–Crippen MR) is 117 cm³/mol. The van der Waals surface area contributed by atoms with Crippen LogP contribution in [0.4, 0.5) is 9.59 Å². The number of alkyl carbamates (subject to hydrolysis) is 1. The number of carbonyl (C=O) groups excluding carboxylic acids is 3. The van der Waals surface area contributed by atoms with Crippen LogP contribution in [0.5, 0.6) is 0 Å². The number of rotatable bonds is 8. The standard InChI is InChI=1S/C23H34N2O7/c1-23(2,3)32-22(28)25-13-9-8-12-18(25)15-30-16-19(20(26)29-4)24-21(27)31-14-17-10-6-5-7-11-17/h5-7,10-11,18-19H,8-9,12-16H2,1-4H3,(H,24,27)/t18-,19+/m1/s1. The molecule has 1 N–H and O–H groups in total. The zero-order chi connectivity index (χ0) is 23.6.